The molecule has 1 heterocycles. The Balaban J connectivity index is 1.96. The van der Waals surface area contributed by atoms with Crippen molar-refractivity contribution in [3.63, 3.8) is 0 Å². The molecule has 3 N–H and O–H groups in total. The summed E-state index contributed by atoms with van der Waals surface area (Å²) in [6, 6.07) is 7.41. The van der Waals surface area contributed by atoms with Gasteiger partial charge in [-0.05, 0) is 31.0 Å². The van der Waals surface area contributed by atoms with E-state index in [1.165, 1.54) is 0 Å². The highest BCUT2D eigenvalue weighted by Crippen LogP contribution is 2.19. The van der Waals surface area contributed by atoms with Gasteiger partial charge in [-0.2, -0.15) is 0 Å². The van der Waals surface area contributed by atoms with Crippen molar-refractivity contribution in [2.75, 3.05) is 19.3 Å². The Bertz CT molecular complexity index is 516. The van der Waals surface area contributed by atoms with Crippen LogP contribution in [0.25, 0.3) is 0 Å². The molecule has 2 unspecified atom stereocenters. The van der Waals surface area contributed by atoms with Crippen molar-refractivity contribution in [3.8, 4) is 0 Å². The lowest BCUT2D eigenvalue weighted by atomic mass is 9.98. The van der Waals surface area contributed by atoms with E-state index >= 15 is 0 Å². The first-order valence-electron chi connectivity index (χ1n) is 6.87. The van der Waals surface area contributed by atoms with Gasteiger partial charge in [0.05, 0.1) is 5.92 Å². The van der Waals surface area contributed by atoms with E-state index in [2.05, 4.69) is 5.32 Å². The molecule has 0 aliphatic carbocycles. The Morgan fingerprint density at radius 2 is 2.25 bits per heavy atom. The van der Waals surface area contributed by atoms with E-state index in [0.29, 0.717) is 25.1 Å². The second-order valence-corrected chi connectivity index (χ2v) is 5.41. The lowest BCUT2D eigenvalue weighted by molar-refractivity contribution is -0.134. The van der Waals surface area contributed by atoms with Crippen LogP contribution in [-0.4, -0.2) is 36.3 Å². The first kappa shape index (κ1) is 14.4. The highest BCUT2D eigenvalue weighted by molar-refractivity contribution is 5.84. The van der Waals surface area contributed by atoms with Crippen LogP contribution in [0.4, 0.5) is 5.69 Å². The smallest absolute Gasteiger partial charge is 0.227 e. The van der Waals surface area contributed by atoms with E-state index in [9.17, 15) is 9.59 Å². The average Bonchev–Trinajstić information content (AvgIpc) is 2.42. The van der Waals surface area contributed by atoms with E-state index < -0.39 is 0 Å². The number of nitrogens with zero attached hydrogens (tertiary/aromatic N) is 1. The molecule has 1 aliphatic rings. The minimum absolute atomic E-state index is 0.0247. The number of anilines is 1. The third-order valence-electron chi connectivity index (χ3n) is 3.78. The van der Waals surface area contributed by atoms with Crippen molar-refractivity contribution in [3.05, 3.63) is 29.8 Å². The van der Waals surface area contributed by atoms with Gasteiger partial charge in [-0.15, -0.1) is 0 Å². The average molecular weight is 275 g/mol. The summed E-state index contributed by atoms with van der Waals surface area (Å²) in [5, 5.41) is 3.01. The van der Waals surface area contributed by atoms with Crippen LogP contribution < -0.4 is 11.1 Å². The number of likely N-dealkylation sites (N-methyl/N-ethyl adjacent to an activating group) is 1. The molecule has 2 atom stereocenters. The summed E-state index contributed by atoms with van der Waals surface area (Å²) in [7, 11) is 1.77. The van der Waals surface area contributed by atoms with Crippen LogP contribution >= 0.6 is 0 Å². The molecule has 0 bridgehead atoms. The van der Waals surface area contributed by atoms with Crippen LogP contribution in [0.3, 0.4) is 0 Å². The minimum Gasteiger partial charge on any atom is -0.399 e. The quantitative estimate of drug-likeness (QED) is 0.811. The monoisotopic (exact) mass is 275 g/mol. The molecule has 1 aliphatic heterocycles. The highest BCUT2D eigenvalue weighted by Gasteiger charge is 2.25. The van der Waals surface area contributed by atoms with Crippen molar-refractivity contribution >= 4 is 17.5 Å². The topological polar surface area (TPSA) is 75.4 Å². The van der Waals surface area contributed by atoms with Gasteiger partial charge < -0.3 is 16.0 Å². The SMILES string of the molecule is CC(C(=O)NC1CCC(=O)N(C)C1)c1cccc(N)c1. The summed E-state index contributed by atoms with van der Waals surface area (Å²) < 4.78 is 0. The van der Waals surface area contributed by atoms with E-state index in [-0.39, 0.29) is 23.8 Å². The molecule has 0 spiro atoms. The molecule has 2 rings (SSSR count). The Morgan fingerprint density at radius 3 is 2.90 bits per heavy atom. The maximum absolute atomic E-state index is 12.3. The third kappa shape index (κ3) is 3.29. The number of hydrogen-bond donors (Lipinski definition) is 2. The van der Waals surface area contributed by atoms with Crippen LogP contribution in [-0.2, 0) is 9.59 Å². The lowest BCUT2D eigenvalue weighted by Crippen LogP contribution is -2.49. The van der Waals surface area contributed by atoms with Crippen LogP contribution in [0.2, 0.25) is 0 Å². The molecule has 1 fully saturated rings. The van der Waals surface area contributed by atoms with Gasteiger partial charge in [0.25, 0.3) is 0 Å². The first-order chi connectivity index (χ1) is 9.47. The Kier molecular flexibility index (Phi) is 4.27. The molecule has 1 aromatic rings. The van der Waals surface area contributed by atoms with E-state index in [1.807, 2.05) is 25.1 Å². The molecule has 2 amide bonds. The third-order valence-corrected chi connectivity index (χ3v) is 3.78. The minimum atomic E-state index is -0.249. The number of amides is 2. The van der Waals surface area contributed by atoms with Crippen molar-refractivity contribution < 1.29 is 9.59 Å². The van der Waals surface area contributed by atoms with Gasteiger partial charge >= 0.3 is 0 Å². The summed E-state index contributed by atoms with van der Waals surface area (Å²) in [6.07, 6.45) is 1.20. The van der Waals surface area contributed by atoms with Crippen LogP contribution in [0.15, 0.2) is 24.3 Å². The van der Waals surface area contributed by atoms with Crippen molar-refractivity contribution in [2.24, 2.45) is 0 Å². The number of nitrogens with two attached hydrogens (primary N) is 1. The first-order valence-corrected chi connectivity index (χ1v) is 6.87. The standard InChI is InChI=1S/C15H21N3O2/c1-10(11-4-3-5-12(16)8-11)15(20)17-13-6-7-14(19)18(2)9-13/h3-5,8,10,13H,6-7,9,16H2,1-2H3,(H,17,20). The predicted molar refractivity (Wildman–Crippen MR) is 78.1 cm³/mol. The van der Waals surface area contributed by atoms with E-state index in [4.69, 9.17) is 5.73 Å². The van der Waals surface area contributed by atoms with Gasteiger partial charge in [-0.1, -0.05) is 12.1 Å². The number of benzene rings is 1. The number of carbonyl (C=O) groups excluding carboxylic acids is 2. The number of nitrogens with one attached hydrogen (secondary N) is 1. The number of carbonyl (C=O) groups is 2. The fourth-order valence-corrected chi connectivity index (χ4v) is 2.44. The van der Waals surface area contributed by atoms with Gasteiger partial charge in [-0.3, -0.25) is 9.59 Å². The zero-order valence-electron chi connectivity index (χ0n) is 11.9. The second-order valence-electron chi connectivity index (χ2n) is 5.41. The zero-order chi connectivity index (χ0) is 14.7. The van der Waals surface area contributed by atoms with E-state index in [0.717, 1.165) is 5.56 Å². The number of nitrogen functional groups attached to an aromatic ring is 1. The van der Waals surface area contributed by atoms with Crippen molar-refractivity contribution in [1.29, 1.82) is 0 Å². The van der Waals surface area contributed by atoms with Crippen LogP contribution in [0, 0.1) is 0 Å². The molecule has 5 heteroatoms. The molecule has 1 aromatic carbocycles. The van der Waals surface area contributed by atoms with Gasteiger partial charge in [0.1, 0.15) is 0 Å². The molecule has 5 nitrogen and oxygen atoms in total. The maximum atomic E-state index is 12.3. The summed E-state index contributed by atoms with van der Waals surface area (Å²) in [6.45, 7) is 2.44. The molecule has 0 saturated carbocycles. The Morgan fingerprint density at radius 1 is 1.50 bits per heavy atom. The largest absolute Gasteiger partial charge is 0.399 e. The normalized spacial score (nSPS) is 20.6. The Labute approximate surface area is 119 Å². The molecule has 0 radical (unpaired) electrons. The van der Waals surface area contributed by atoms with Crippen LogP contribution in [0.1, 0.15) is 31.2 Å². The molecule has 0 aromatic heterocycles. The number of piperidine rings is 1. The summed E-state index contributed by atoms with van der Waals surface area (Å²) in [4.78, 5) is 25.3. The zero-order valence-corrected chi connectivity index (χ0v) is 11.9. The predicted octanol–water partition coefficient (Wildman–Crippen LogP) is 1.11. The number of likely N-dealkylation sites (tertiary alicyclic amines) is 1. The lowest BCUT2D eigenvalue weighted by Gasteiger charge is -2.30. The molecule has 1 saturated heterocycles. The highest BCUT2D eigenvalue weighted by atomic mass is 16.2. The van der Waals surface area contributed by atoms with Crippen LogP contribution in [0.5, 0.6) is 0 Å². The molecular formula is C15H21N3O2. The second kappa shape index (κ2) is 5.94. The molecule has 20 heavy (non-hydrogen) atoms. The summed E-state index contributed by atoms with van der Waals surface area (Å²) in [5.41, 5.74) is 7.30. The Hall–Kier alpha value is -2.04. The molecule has 108 valence electrons. The number of hydrogen-bond acceptors (Lipinski definition) is 3. The van der Waals surface area contributed by atoms with Crippen molar-refractivity contribution in [2.45, 2.75) is 31.7 Å². The van der Waals surface area contributed by atoms with Gasteiger partial charge in [0.2, 0.25) is 11.8 Å². The summed E-state index contributed by atoms with van der Waals surface area (Å²) >= 11 is 0. The maximum Gasteiger partial charge on any atom is 0.227 e. The van der Waals surface area contributed by atoms with Gasteiger partial charge in [0, 0.05) is 31.7 Å². The van der Waals surface area contributed by atoms with Gasteiger partial charge in [0.15, 0.2) is 0 Å². The fourth-order valence-electron chi connectivity index (χ4n) is 2.44. The summed E-state index contributed by atoms with van der Waals surface area (Å²) in [5.74, 6) is -0.135. The molecular weight excluding hydrogens is 254 g/mol. The number of rotatable bonds is 3. The van der Waals surface area contributed by atoms with E-state index in [1.54, 1.807) is 18.0 Å². The fraction of sp³-hybridized carbons (Fsp3) is 0.467. The van der Waals surface area contributed by atoms with Gasteiger partial charge in [-0.25, -0.2) is 0 Å². The van der Waals surface area contributed by atoms with Crippen molar-refractivity contribution in [1.82, 2.24) is 10.2 Å².